The van der Waals surface area contributed by atoms with E-state index >= 15 is 0 Å². The van der Waals surface area contributed by atoms with Crippen LogP contribution in [-0.4, -0.2) is 24.2 Å². The monoisotopic (exact) mass is 223 g/mol. The Hall–Kier alpha value is -0.570. The van der Waals surface area contributed by atoms with Crippen LogP contribution < -0.4 is 5.32 Å². The van der Waals surface area contributed by atoms with E-state index in [1.54, 1.807) is 0 Å². The first-order chi connectivity index (χ1) is 7.71. The van der Waals surface area contributed by atoms with Crippen molar-refractivity contribution in [2.45, 2.75) is 38.5 Å². The van der Waals surface area contributed by atoms with E-state index in [2.05, 4.69) is 5.32 Å². The molecule has 3 unspecified atom stereocenters. The van der Waals surface area contributed by atoms with E-state index < -0.39 is 5.97 Å². The highest BCUT2D eigenvalue weighted by molar-refractivity contribution is 5.72. The maximum atomic E-state index is 11.3. The molecule has 3 aliphatic rings. The van der Waals surface area contributed by atoms with E-state index in [4.69, 9.17) is 0 Å². The third kappa shape index (κ3) is 1.65. The lowest BCUT2D eigenvalue weighted by atomic mass is 9.63. The lowest BCUT2D eigenvalue weighted by Gasteiger charge is -2.40. The van der Waals surface area contributed by atoms with Gasteiger partial charge in [0.2, 0.25) is 0 Å². The highest BCUT2D eigenvalue weighted by Crippen LogP contribution is 2.53. The first-order valence-electron chi connectivity index (χ1n) is 6.65. The molecule has 0 radical (unpaired) electrons. The minimum Gasteiger partial charge on any atom is -0.481 e. The molecule has 0 amide bonds. The fraction of sp³-hybridized carbons (Fsp3) is 0.923. The molecule has 1 saturated heterocycles. The fourth-order valence-corrected chi connectivity index (χ4v) is 4.04. The quantitative estimate of drug-likeness (QED) is 0.751. The summed E-state index contributed by atoms with van der Waals surface area (Å²) in [7, 11) is 0. The molecule has 3 atom stereocenters. The van der Waals surface area contributed by atoms with Gasteiger partial charge in [-0.2, -0.15) is 0 Å². The predicted octanol–water partition coefficient (Wildman–Crippen LogP) is 1.88. The van der Waals surface area contributed by atoms with Gasteiger partial charge in [0.25, 0.3) is 0 Å². The van der Waals surface area contributed by atoms with Crippen molar-refractivity contribution in [3.8, 4) is 0 Å². The second kappa shape index (κ2) is 3.73. The Morgan fingerprint density at radius 1 is 1.25 bits per heavy atom. The minimum absolute atomic E-state index is 0.0946. The molecule has 0 aromatic heterocycles. The van der Waals surface area contributed by atoms with Crippen molar-refractivity contribution in [3.05, 3.63) is 0 Å². The predicted molar refractivity (Wildman–Crippen MR) is 61.1 cm³/mol. The molecule has 1 heterocycles. The zero-order valence-electron chi connectivity index (χ0n) is 9.74. The van der Waals surface area contributed by atoms with Crippen LogP contribution in [0.2, 0.25) is 0 Å². The molecule has 0 bridgehead atoms. The van der Waals surface area contributed by atoms with Gasteiger partial charge in [0.1, 0.15) is 0 Å². The summed E-state index contributed by atoms with van der Waals surface area (Å²) in [5.41, 5.74) is 0.0946. The van der Waals surface area contributed by atoms with Crippen molar-refractivity contribution in [1.29, 1.82) is 0 Å². The van der Waals surface area contributed by atoms with Gasteiger partial charge >= 0.3 is 5.97 Å². The van der Waals surface area contributed by atoms with Crippen LogP contribution >= 0.6 is 0 Å². The number of rotatable bonds is 2. The van der Waals surface area contributed by atoms with Gasteiger partial charge in [-0.05, 0) is 42.9 Å². The number of carboxylic acids is 1. The summed E-state index contributed by atoms with van der Waals surface area (Å²) < 4.78 is 0. The molecular weight excluding hydrogens is 202 g/mol. The molecule has 16 heavy (non-hydrogen) atoms. The van der Waals surface area contributed by atoms with Crippen molar-refractivity contribution in [2.24, 2.45) is 23.2 Å². The van der Waals surface area contributed by atoms with Crippen LogP contribution in [0.1, 0.15) is 38.5 Å². The van der Waals surface area contributed by atoms with E-state index in [0.717, 1.165) is 24.8 Å². The first kappa shape index (κ1) is 10.6. The van der Waals surface area contributed by atoms with E-state index in [0.29, 0.717) is 6.54 Å². The van der Waals surface area contributed by atoms with Crippen molar-refractivity contribution < 1.29 is 9.90 Å². The smallest absolute Gasteiger partial charge is 0.308 e. The van der Waals surface area contributed by atoms with Crippen LogP contribution in [0.5, 0.6) is 0 Å². The molecule has 2 aliphatic carbocycles. The summed E-state index contributed by atoms with van der Waals surface area (Å²) in [4.78, 5) is 11.3. The van der Waals surface area contributed by atoms with Crippen molar-refractivity contribution in [2.75, 3.05) is 13.1 Å². The maximum Gasteiger partial charge on any atom is 0.308 e. The molecule has 3 fully saturated rings. The number of hydrogen-bond acceptors (Lipinski definition) is 2. The van der Waals surface area contributed by atoms with Gasteiger partial charge in [-0.15, -0.1) is 0 Å². The lowest BCUT2D eigenvalue weighted by Crippen LogP contribution is -2.39. The molecule has 0 aromatic rings. The summed E-state index contributed by atoms with van der Waals surface area (Å²) in [5, 5.41) is 12.6. The van der Waals surface area contributed by atoms with Crippen LogP contribution in [0.15, 0.2) is 0 Å². The highest BCUT2D eigenvalue weighted by Gasteiger charge is 2.51. The Balaban J connectivity index is 1.77. The lowest BCUT2D eigenvalue weighted by molar-refractivity contribution is -0.146. The molecule has 3 heteroatoms. The Kier molecular flexibility index (Phi) is 2.46. The standard InChI is InChI=1S/C13H21NO2/c15-12(16)11-7-14-8-13(11)5-1-2-10(6-13)9-3-4-9/h9-11,14H,1-8H2,(H,15,16). The minimum atomic E-state index is -0.582. The van der Waals surface area contributed by atoms with Crippen LogP contribution in [0.4, 0.5) is 0 Å². The summed E-state index contributed by atoms with van der Waals surface area (Å²) in [5.74, 6) is 1.05. The Morgan fingerprint density at radius 2 is 2.06 bits per heavy atom. The molecule has 0 aromatic carbocycles. The van der Waals surface area contributed by atoms with Gasteiger partial charge in [-0.25, -0.2) is 0 Å². The van der Waals surface area contributed by atoms with Crippen molar-refractivity contribution in [3.63, 3.8) is 0 Å². The number of hydrogen-bond donors (Lipinski definition) is 2. The Morgan fingerprint density at radius 3 is 2.75 bits per heavy atom. The second-order valence-corrected chi connectivity index (χ2v) is 6.08. The van der Waals surface area contributed by atoms with Gasteiger partial charge < -0.3 is 10.4 Å². The van der Waals surface area contributed by atoms with Gasteiger partial charge in [0.05, 0.1) is 5.92 Å². The first-order valence-corrected chi connectivity index (χ1v) is 6.65. The normalized spacial score (nSPS) is 43.8. The third-order valence-corrected chi connectivity index (χ3v) is 5.07. The van der Waals surface area contributed by atoms with Gasteiger partial charge in [-0.3, -0.25) is 4.79 Å². The molecule has 3 rings (SSSR count). The van der Waals surface area contributed by atoms with Crippen LogP contribution in [0.3, 0.4) is 0 Å². The van der Waals surface area contributed by atoms with E-state index in [1.165, 1.54) is 32.1 Å². The Bertz CT molecular complexity index is 300. The summed E-state index contributed by atoms with van der Waals surface area (Å²) >= 11 is 0. The SMILES string of the molecule is O=C(O)C1CNCC12CCCC(C1CC1)C2. The van der Waals surface area contributed by atoms with Gasteiger partial charge in [-0.1, -0.05) is 12.8 Å². The number of carbonyl (C=O) groups is 1. The number of carboxylic acid groups (broad SMARTS) is 1. The average molecular weight is 223 g/mol. The molecule has 1 spiro atoms. The molecule has 3 nitrogen and oxygen atoms in total. The molecule has 2 N–H and O–H groups in total. The Labute approximate surface area is 96.6 Å². The zero-order chi connectivity index (χ0) is 11.2. The molecular formula is C13H21NO2. The zero-order valence-corrected chi connectivity index (χ0v) is 9.74. The van der Waals surface area contributed by atoms with Crippen LogP contribution in [0.25, 0.3) is 0 Å². The number of nitrogens with one attached hydrogen (secondary N) is 1. The largest absolute Gasteiger partial charge is 0.481 e. The molecule has 1 aliphatic heterocycles. The van der Waals surface area contributed by atoms with E-state index in [1.807, 2.05) is 0 Å². The average Bonchev–Trinajstić information content (AvgIpc) is 3.03. The fourth-order valence-electron chi connectivity index (χ4n) is 4.04. The van der Waals surface area contributed by atoms with Crippen molar-refractivity contribution >= 4 is 5.97 Å². The van der Waals surface area contributed by atoms with Gasteiger partial charge in [0.15, 0.2) is 0 Å². The number of aliphatic carboxylic acids is 1. The molecule has 2 saturated carbocycles. The van der Waals surface area contributed by atoms with Crippen molar-refractivity contribution in [1.82, 2.24) is 5.32 Å². The van der Waals surface area contributed by atoms with Gasteiger partial charge in [0, 0.05) is 13.1 Å². The van der Waals surface area contributed by atoms with E-state index in [-0.39, 0.29) is 11.3 Å². The third-order valence-electron chi connectivity index (χ3n) is 5.07. The highest BCUT2D eigenvalue weighted by atomic mass is 16.4. The second-order valence-electron chi connectivity index (χ2n) is 6.08. The van der Waals surface area contributed by atoms with E-state index in [9.17, 15) is 9.90 Å². The van der Waals surface area contributed by atoms with Crippen LogP contribution in [-0.2, 0) is 4.79 Å². The van der Waals surface area contributed by atoms with Crippen LogP contribution in [0, 0.1) is 23.2 Å². The summed E-state index contributed by atoms with van der Waals surface area (Å²) in [6.07, 6.45) is 7.67. The summed E-state index contributed by atoms with van der Waals surface area (Å²) in [6, 6.07) is 0. The maximum absolute atomic E-state index is 11.3. The topological polar surface area (TPSA) is 49.3 Å². The molecule has 90 valence electrons. The summed E-state index contributed by atoms with van der Waals surface area (Å²) in [6.45, 7) is 1.62.